The molecule has 0 aliphatic rings. The Labute approximate surface area is 199 Å². The van der Waals surface area contributed by atoms with Gasteiger partial charge in [0.2, 0.25) is 0 Å². The zero-order valence-corrected chi connectivity index (χ0v) is 19.7. The van der Waals surface area contributed by atoms with E-state index in [1.54, 1.807) is 10.7 Å². The summed E-state index contributed by atoms with van der Waals surface area (Å²) in [5, 5.41) is 6.84. The molecule has 0 unspecified atom stereocenters. The first-order valence-corrected chi connectivity index (χ1v) is 10.6. The van der Waals surface area contributed by atoms with Crippen molar-refractivity contribution in [3.8, 4) is 5.69 Å². The molecule has 1 aromatic carbocycles. The summed E-state index contributed by atoms with van der Waals surface area (Å²) < 4.78 is 6.64. The molecule has 0 aliphatic carbocycles. The molecule has 3 aromatic rings. The van der Waals surface area contributed by atoms with E-state index in [2.05, 4.69) is 15.4 Å². The van der Waals surface area contributed by atoms with Crippen LogP contribution in [0.25, 0.3) is 5.69 Å². The van der Waals surface area contributed by atoms with Gasteiger partial charge in [0, 0.05) is 11.5 Å². The summed E-state index contributed by atoms with van der Waals surface area (Å²) in [6, 6.07) is 11.1. The van der Waals surface area contributed by atoms with Crippen LogP contribution in [0.4, 0.5) is 11.5 Å². The summed E-state index contributed by atoms with van der Waals surface area (Å²) in [7, 11) is 0. The van der Waals surface area contributed by atoms with E-state index in [-0.39, 0.29) is 32.0 Å². The predicted molar refractivity (Wildman–Crippen MR) is 125 cm³/mol. The van der Waals surface area contributed by atoms with Crippen LogP contribution in [0.1, 0.15) is 37.0 Å². The second kappa shape index (κ2) is 9.36. The van der Waals surface area contributed by atoms with Crippen LogP contribution in [0, 0.1) is 0 Å². The van der Waals surface area contributed by atoms with Crippen molar-refractivity contribution in [3.05, 3.63) is 63.0 Å². The van der Waals surface area contributed by atoms with Crippen LogP contribution in [0.15, 0.2) is 36.4 Å². The molecule has 168 valence electrons. The lowest BCUT2D eigenvalue weighted by Crippen LogP contribution is -2.23. The number of benzene rings is 1. The van der Waals surface area contributed by atoms with Crippen LogP contribution in [-0.4, -0.2) is 33.2 Å². The fourth-order valence-corrected chi connectivity index (χ4v) is 3.23. The van der Waals surface area contributed by atoms with Crippen LogP contribution < -0.4 is 11.1 Å². The molecule has 0 spiro atoms. The number of nitrogen functional groups attached to an aromatic ring is 1. The summed E-state index contributed by atoms with van der Waals surface area (Å²) in [6.45, 7) is 5.44. The van der Waals surface area contributed by atoms with E-state index < -0.39 is 18.5 Å². The van der Waals surface area contributed by atoms with E-state index in [1.165, 1.54) is 0 Å². The van der Waals surface area contributed by atoms with Crippen molar-refractivity contribution in [1.82, 2.24) is 14.8 Å². The third-order valence-electron chi connectivity index (χ3n) is 4.35. The normalized spacial score (nSPS) is 11.3. The van der Waals surface area contributed by atoms with Gasteiger partial charge in [-0.15, -0.1) is 0 Å². The Morgan fingerprint density at radius 2 is 1.78 bits per heavy atom. The van der Waals surface area contributed by atoms with Gasteiger partial charge in [-0.05, 0) is 12.1 Å². The summed E-state index contributed by atoms with van der Waals surface area (Å²) >= 11 is 17.7. The van der Waals surface area contributed by atoms with Gasteiger partial charge in [0.05, 0.1) is 22.1 Å². The number of para-hydroxylation sites is 1. The van der Waals surface area contributed by atoms with Gasteiger partial charge in [-0.25, -0.2) is 14.5 Å². The third kappa shape index (κ3) is 5.15. The number of carbonyl (C=O) groups is 2. The van der Waals surface area contributed by atoms with E-state index in [0.29, 0.717) is 5.82 Å². The number of amides is 1. The number of ether oxygens (including phenoxy) is 1. The molecule has 0 atom stereocenters. The van der Waals surface area contributed by atoms with Crippen molar-refractivity contribution in [2.24, 2.45) is 0 Å². The molecule has 0 saturated carbocycles. The van der Waals surface area contributed by atoms with Crippen LogP contribution in [0.3, 0.4) is 0 Å². The number of hydrogen-bond acceptors (Lipinski definition) is 6. The molecule has 2 aromatic heterocycles. The highest BCUT2D eigenvalue weighted by molar-refractivity contribution is 6.46. The van der Waals surface area contributed by atoms with Gasteiger partial charge in [0.15, 0.2) is 17.5 Å². The molecule has 0 fully saturated rings. The summed E-state index contributed by atoms with van der Waals surface area (Å²) in [4.78, 5) is 28.6. The maximum atomic E-state index is 12.5. The number of nitrogens with two attached hydrogens (primary N) is 1. The Balaban J connectivity index is 1.77. The fourth-order valence-electron chi connectivity index (χ4n) is 2.65. The number of aromatic nitrogens is 3. The minimum atomic E-state index is -0.970. The Morgan fingerprint density at radius 3 is 2.41 bits per heavy atom. The number of hydrogen-bond donors (Lipinski definition) is 2. The Hall–Kier alpha value is -2.81. The van der Waals surface area contributed by atoms with Gasteiger partial charge >= 0.3 is 5.97 Å². The maximum absolute atomic E-state index is 12.5. The van der Waals surface area contributed by atoms with Gasteiger partial charge < -0.3 is 15.8 Å². The summed E-state index contributed by atoms with van der Waals surface area (Å²) in [6.07, 6.45) is 0. The largest absolute Gasteiger partial charge is 0.451 e. The minimum absolute atomic E-state index is 0.0743. The Bertz CT molecular complexity index is 1170. The third-order valence-corrected chi connectivity index (χ3v) is 5.48. The van der Waals surface area contributed by atoms with Gasteiger partial charge in [0.25, 0.3) is 5.91 Å². The Morgan fingerprint density at radius 1 is 1.12 bits per heavy atom. The zero-order valence-electron chi connectivity index (χ0n) is 17.4. The monoisotopic (exact) mass is 495 g/mol. The minimum Gasteiger partial charge on any atom is -0.451 e. The van der Waals surface area contributed by atoms with Crippen LogP contribution in [-0.2, 0) is 14.9 Å². The lowest BCUT2D eigenvalue weighted by atomic mass is 9.92. The number of rotatable bonds is 5. The number of esters is 1. The average molecular weight is 497 g/mol. The van der Waals surface area contributed by atoms with Crippen LogP contribution >= 0.6 is 34.8 Å². The van der Waals surface area contributed by atoms with Crippen LogP contribution in [0.2, 0.25) is 15.2 Å². The number of anilines is 2. The summed E-state index contributed by atoms with van der Waals surface area (Å²) in [5.74, 6) is -1.13. The highest BCUT2D eigenvalue weighted by Gasteiger charge is 2.24. The number of carbonyl (C=O) groups excluding carboxylic acids is 2. The molecular formula is C21H20Cl3N5O3. The van der Waals surface area contributed by atoms with Crippen LogP contribution in [0.5, 0.6) is 0 Å². The quantitative estimate of drug-likeness (QED) is 0.384. The molecule has 8 nitrogen and oxygen atoms in total. The molecular weight excluding hydrogens is 477 g/mol. The van der Waals surface area contributed by atoms with E-state index in [4.69, 9.17) is 45.3 Å². The topological polar surface area (TPSA) is 112 Å². The highest BCUT2D eigenvalue weighted by atomic mass is 35.5. The van der Waals surface area contributed by atoms with Gasteiger partial charge in [-0.1, -0.05) is 73.8 Å². The van der Waals surface area contributed by atoms with Gasteiger partial charge in [0.1, 0.15) is 10.8 Å². The van der Waals surface area contributed by atoms with E-state index in [1.807, 2.05) is 51.1 Å². The van der Waals surface area contributed by atoms with Gasteiger partial charge in [-0.3, -0.25) is 4.79 Å². The predicted octanol–water partition coefficient (Wildman–Crippen LogP) is 4.90. The molecule has 11 heteroatoms. The number of nitrogens with one attached hydrogen (secondary N) is 1. The smallest absolute Gasteiger partial charge is 0.359 e. The number of pyridine rings is 1. The molecule has 3 N–H and O–H groups in total. The zero-order chi connectivity index (χ0) is 23.6. The first-order chi connectivity index (χ1) is 15.0. The molecule has 2 heterocycles. The molecule has 0 radical (unpaired) electrons. The molecule has 0 aliphatic heterocycles. The average Bonchev–Trinajstić information content (AvgIpc) is 3.18. The number of nitrogens with zero attached hydrogens (tertiary/aromatic N) is 3. The SMILES string of the molecule is CC(C)(C)c1cc(NC(=O)COC(=O)c2nc(Cl)c(Cl)c(N)c2Cl)n(-c2ccccc2)n1. The van der Waals surface area contributed by atoms with Crippen molar-refractivity contribution in [2.45, 2.75) is 26.2 Å². The first-order valence-electron chi connectivity index (χ1n) is 9.42. The van der Waals surface area contributed by atoms with Crippen molar-refractivity contribution in [3.63, 3.8) is 0 Å². The Kier molecular flexibility index (Phi) is 6.97. The second-order valence-corrected chi connectivity index (χ2v) is 8.94. The van der Waals surface area contributed by atoms with Crippen molar-refractivity contribution < 1.29 is 14.3 Å². The molecule has 0 saturated heterocycles. The van der Waals surface area contributed by atoms with E-state index in [0.717, 1.165) is 11.4 Å². The summed E-state index contributed by atoms with van der Waals surface area (Å²) in [5.41, 5.74) is 6.55. The molecule has 1 amide bonds. The standard InChI is InChI=1S/C21H20Cl3N5O3/c1-21(2,3)12-9-13(29(28-12)11-7-5-4-6-8-11)26-14(30)10-32-20(31)18-15(22)17(25)16(23)19(24)27-18/h4-9H,10H2,1-3H3,(H2,25,27)(H,26,30). The second-order valence-electron chi connectivity index (χ2n) is 7.83. The molecule has 0 bridgehead atoms. The highest BCUT2D eigenvalue weighted by Crippen LogP contribution is 2.34. The number of halogens is 3. The fraction of sp³-hybridized carbons (Fsp3) is 0.238. The van der Waals surface area contributed by atoms with Gasteiger partial charge in [-0.2, -0.15) is 5.10 Å². The maximum Gasteiger partial charge on any atom is 0.359 e. The van der Waals surface area contributed by atoms with E-state index >= 15 is 0 Å². The lowest BCUT2D eigenvalue weighted by molar-refractivity contribution is -0.119. The molecule has 3 rings (SSSR count). The van der Waals surface area contributed by atoms with Crippen molar-refractivity contribution >= 4 is 58.2 Å². The van der Waals surface area contributed by atoms with Crippen molar-refractivity contribution in [2.75, 3.05) is 17.7 Å². The molecule has 32 heavy (non-hydrogen) atoms. The first kappa shape index (κ1) is 23.8. The lowest BCUT2D eigenvalue weighted by Gasteiger charge is -2.14. The van der Waals surface area contributed by atoms with Crippen molar-refractivity contribution in [1.29, 1.82) is 0 Å². The van der Waals surface area contributed by atoms with E-state index in [9.17, 15) is 9.59 Å².